The lowest BCUT2D eigenvalue weighted by Crippen LogP contribution is -2.34. The first-order chi connectivity index (χ1) is 13.9. The van der Waals surface area contributed by atoms with Crippen LogP contribution in [0.2, 0.25) is 0 Å². The van der Waals surface area contributed by atoms with E-state index in [1.54, 1.807) is 30.3 Å². The summed E-state index contributed by atoms with van der Waals surface area (Å²) in [5.41, 5.74) is 6.32. The molecule has 0 aromatic heterocycles. The number of hydrogen-bond donors (Lipinski definition) is 1. The van der Waals surface area contributed by atoms with Crippen LogP contribution in [0.4, 0.5) is 8.78 Å². The largest absolute Gasteiger partial charge is 0.486 e. The normalized spacial score (nSPS) is 15.2. The molecule has 2 aromatic rings. The smallest absolute Gasteiger partial charge is 0.248 e. The van der Waals surface area contributed by atoms with Gasteiger partial charge in [0.2, 0.25) is 5.91 Å². The number of benzene rings is 2. The summed E-state index contributed by atoms with van der Waals surface area (Å²) in [5, 5.41) is 0. The molecule has 29 heavy (non-hydrogen) atoms. The topological polar surface area (TPSA) is 72.6 Å². The van der Waals surface area contributed by atoms with E-state index in [0.29, 0.717) is 30.2 Å². The van der Waals surface area contributed by atoms with Crippen LogP contribution in [0.5, 0.6) is 5.75 Å². The Bertz CT molecular complexity index is 863. The number of amides is 1. The van der Waals surface area contributed by atoms with Gasteiger partial charge in [-0.25, -0.2) is 8.78 Å². The van der Waals surface area contributed by atoms with E-state index in [2.05, 4.69) is 4.90 Å². The van der Waals surface area contributed by atoms with Crippen LogP contribution in [0.3, 0.4) is 0 Å². The molecular weight excluding hydrogens is 378 g/mol. The number of hydrogen-bond acceptors (Lipinski definition) is 4. The Morgan fingerprint density at radius 3 is 2.34 bits per heavy atom. The summed E-state index contributed by atoms with van der Waals surface area (Å²) in [5.74, 6) is -1.33. The number of ketones is 1. The van der Waals surface area contributed by atoms with Crippen LogP contribution in [0, 0.1) is 17.6 Å². The maximum Gasteiger partial charge on any atom is 0.248 e. The van der Waals surface area contributed by atoms with Crippen LogP contribution in [0.1, 0.15) is 35.2 Å². The van der Waals surface area contributed by atoms with Crippen LogP contribution < -0.4 is 10.5 Å². The van der Waals surface area contributed by atoms with Gasteiger partial charge in [0, 0.05) is 18.5 Å². The summed E-state index contributed by atoms with van der Waals surface area (Å²) in [6, 6.07) is 10.3. The number of carbonyl (C=O) groups excluding carboxylic acids is 2. The lowest BCUT2D eigenvalue weighted by Gasteiger charge is -2.31. The molecule has 0 spiro atoms. The maximum absolute atomic E-state index is 13.3. The Labute approximate surface area is 168 Å². The Morgan fingerprint density at radius 1 is 1.03 bits per heavy atom. The molecule has 0 aliphatic carbocycles. The average Bonchev–Trinajstić information content (AvgIpc) is 2.71. The van der Waals surface area contributed by atoms with Crippen molar-refractivity contribution in [1.29, 1.82) is 0 Å². The highest BCUT2D eigenvalue weighted by Crippen LogP contribution is 2.23. The number of nitrogens with two attached hydrogens (primary N) is 1. The summed E-state index contributed by atoms with van der Waals surface area (Å²) in [7, 11) is 0. The molecular formula is C22H24F2N2O3. The molecule has 3 rings (SSSR count). The molecule has 154 valence electrons. The molecule has 1 saturated heterocycles. The van der Waals surface area contributed by atoms with Crippen molar-refractivity contribution in [3.63, 3.8) is 0 Å². The number of carbonyl (C=O) groups is 2. The minimum atomic E-state index is -0.836. The third-order valence-electron chi connectivity index (χ3n) is 5.15. The number of halogens is 2. The van der Waals surface area contributed by atoms with E-state index in [4.69, 9.17) is 10.5 Å². The Kier molecular flexibility index (Phi) is 6.93. The lowest BCUT2D eigenvalue weighted by molar-refractivity contribution is -0.122. The van der Waals surface area contributed by atoms with Crippen molar-refractivity contribution in [1.82, 2.24) is 4.90 Å². The third kappa shape index (κ3) is 6.09. The Hall–Kier alpha value is -2.80. The van der Waals surface area contributed by atoms with E-state index in [9.17, 15) is 18.4 Å². The minimum absolute atomic E-state index is 0.00894. The van der Waals surface area contributed by atoms with Gasteiger partial charge in [-0.3, -0.25) is 14.5 Å². The average molecular weight is 402 g/mol. The quantitative estimate of drug-likeness (QED) is 0.735. The molecule has 1 heterocycles. The molecule has 7 heteroatoms. The van der Waals surface area contributed by atoms with Crippen LogP contribution >= 0.6 is 0 Å². The summed E-state index contributed by atoms with van der Waals surface area (Å²) in [6.45, 7) is 2.19. The van der Waals surface area contributed by atoms with Crippen molar-refractivity contribution in [3.05, 3.63) is 65.2 Å². The highest BCUT2D eigenvalue weighted by Gasteiger charge is 2.22. The van der Waals surface area contributed by atoms with Gasteiger partial charge in [-0.15, -0.1) is 0 Å². The lowest BCUT2D eigenvalue weighted by atomic mass is 9.91. The molecule has 2 aromatic carbocycles. The van der Waals surface area contributed by atoms with Gasteiger partial charge in [-0.05, 0) is 73.8 Å². The molecule has 0 radical (unpaired) electrons. The van der Waals surface area contributed by atoms with Crippen molar-refractivity contribution in [3.8, 4) is 5.75 Å². The van der Waals surface area contributed by atoms with E-state index in [-0.39, 0.29) is 12.4 Å². The number of nitrogens with zero attached hydrogens (tertiary/aromatic N) is 1. The molecule has 1 amide bonds. The molecule has 1 fully saturated rings. The Balaban J connectivity index is 1.39. The number of ether oxygens (including phenoxy) is 1. The summed E-state index contributed by atoms with van der Waals surface area (Å²) in [6.07, 6.45) is 2.21. The zero-order valence-electron chi connectivity index (χ0n) is 16.1. The highest BCUT2D eigenvalue weighted by atomic mass is 19.2. The fourth-order valence-electron chi connectivity index (χ4n) is 3.51. The minimum Gasteiger partial charge on any atom is -0.486 e. The molecule has 5 nitrogen and oxygen atoms in total. The van der Waals surface area contributed by atoms with Crippen molar-refractivity contribution in [2.24, 2.45) is 11.7 Å². The fourth-order valence-corrected chi connectivity index (χ4v) is 3.51. The first-order valence-corrected chi connectivity index (χ1v) is 9.61. The first kappa shape index (κ1) is 20.9. The number of rotatable bonds is 8. The molecule has 1 aliphatic heterocycles. The van der Waals surface area contributed by atoms with Crippen molar-refractivity contribution in [2.75, 3.05) is 19.7 Å². The van der Waals surface area contributed by atoms with E-state index < -0.39 is 17.5 Å². The SMILES string of the molecule is NC(=O)c1ccc(OCC(=O)CC2CCN(Cc3ccc(F)c(F)c3)CC2)cc1. The van der Waals surface area contributed by atoms with Crippen LogP contribution in [0.25, 0.3) is 0 Å². The van der Waals surface area contributed by atoms with E-state index in [0.717, 1.165) is 37.6 Å². The second-order valence-corrected chi connectivity index (χ2v) is 7.39. The van der Waals surface area contributed by atoms with Gasteiger partial charge >= 0.3 is 0 Å². The van der Waals surface area contributed by atoms with Gasteiger partial charge in [0.05, 0.1) is 0 Å². The zero-order valence-corrected chi connectivity index (χ0v) is 16.1. The second-order valence-electron chi connectivity index (χ2n) is 7.39. The highest BCUT2D eigenvalue weighted by molar-refractivity contribution is 5.92. The second kappa shape index (κ2) is 9.60. The molecule has 0 atom stereocenters. The summed E-state index contributed by atoms with van der Waals surface area (Å²) >= 11 is 0. The van der Waals surface area contributed by atoms with Crippen LogP contribution in [-0.4, -0.2) is 36.3 Å². The number of likely N-dealkylation sites (tertiary alicyclic amines) is 1. The zero-order chi connectivity index (χ0) is 20.8. The number of primary amides is 1. The third-order valence-corrected chi connectivity index (χ3v) is 5.15. The van der Waals surface area contributed by atoms with Crippen molar-refractivity contribution < 1.29 is 23.1 Å². The van der Waals surface area contributed by atoms with Crippen molar-refractivity contribution >= 4 is 11.7 Å². The van der Waals surface area contributed by atoms with Gasteiger partial charge in [0.1, 0.15) is 12.4 Å². The number of piperidine rings is 1. The number of Topliss-reactive ketones (excluding diaryl/α,β-unsaturated/α-hetero) is 1. The molecule has 2 N–H and O–H groups in total. The van der Waals surface area contributed by atoms with E-state index >= 15 is 0 Å². The Morgan fingerprint density at radius 2 is 1.72 bits per heavy atom. The standard InChI is InChI=1S/C22H24F2N2O3/c23-20-6-1-16(12-21(20)24)13-26-9-7-15(8-10-26)11-18(27)14-29-19-4-2-17(3-5-19)22(25)28/h1-6,12,15H,7-11,13-14H2,(H2,25,28). The molecule has 1 aliphatic rings. The molecule has 0 saturated carbocycles. The van der Waals surface area contributed by atoms with Crippen molar-refractivity contribution in [2.45, 2.75) is 25.8 Å². The maximum atomic E-state index is 13.3. The predicted octanol–water partition coefficient (Wildman–Crippen LogP) is 3.31. The van der Waals surface area contributed by atoms with E-state index in [1.807, 2.05) is 0 Å². The fraction of sp³-hybridized carbons (Fsp3) is 0.364. The van der Waals surface area contributed by atoms with Crippen LogP contribution in [-0.2, 0) is 11.3 Å². The summed E-state index contributed by atoms with van der Waals surface area (Å²) < 4.78 is 31.8. The summed E-state index contributed by atoms with van der Waals surface area (Å²) in [4.78, 5) is 25.4. The monoisotopic (exact) mass is 402 g/mol. The van der Waals surface area contributed by atoms with Gasteiger partial charge in [-0.1, -0.05) is 6.07 Å². The first-order valence-electron chi connectivity index (χ1n) is 9.61. The predicted molar refractivity (Wildman–Crippen MR) is 104 cm³/mol. The van der Waals surface area contributed by atoms with E-state index in [1.165, 1.54) is 6.07 Å². The van der Waals surface area contributed by atoms with Gasteiger partial charge < -0.3 is 10.5 Å². The van der Waals surface area contributed by atoms with Gasteiger partial charge in [0.15, 0.2) is 17.4 Å². The molecule has 0 bridgehead atoms. The van der Waals surface area contributed by atoms with Gasteiger partial charge in [-0.2, -0.15) is 0 Å². The molecule has 0 unspecified atom stereocenters. The van der Waals surface area contributed by atoms with Gasteiger partial charge in [0.25, 0.3) is 0 Å². The van der Waals surface area contributed by atoms with Crippen LogP contribution in [0.15, 0.2) is 42.5 Å².